The SMILES string of the molecule is CCC(C)N(CCCNC(=O)Nc1ccc(C(C)(C)C)cc1)C[C@H]1O[C@@H](n2cnc3c(N)ncnc32)[C@H](O)[C@H]1O. The number of nitrogens with one attached hydrogen (secondary N) is 2. The zero-order valence-electron chi connectivity index (χ0n) is 23.9. The summed E-state index contributed by atoms with van der Waals surface area (Å²) < 4.78 is 7.72. The minimum Gasteiger partial charge on any atom is -0.387 e. The van der Waals surface area contributed by atoms with Crippen LogP contribution in [0.15, 0.2) is 36.9 Å². The predicted octanol–water partition coefficient (Wildman–Crippen LogP) is 2.64. The second kappa shape index (κ2) is 12.5. The number of amides is 2. The lowest BCUT2D eigenvalue weighted by Gasteiger charge is -2.31. The van der Waals surface area contributed by atoms with E-state index in [-0.39, 0.29) is 23.3 Å². The summed E-state index contributed by atoms with van der Waals surface area (Å²) in [5.74, 6) is 0.233. The third kappa shape index (κ3) is 6.69. The van der Waals surface area contributed by atoms with Crippen LogP contribution >= 0.6 is 0 Å². The zero-order chi connectivity index (χ0) is 29.0. The van der Waals surface area contributed by atoms with Gasteiger partial charge in [0.25, 0.3) is 0 Å². The second-order valence-electron chi connectivity index (χ2n) is 11.4. The minimum atomic E-state index is -1.17. The van der Waals surface area contributed by atoms with Crippen molar-refractivity contribution in [1.82, 2.24) is 29.7 Å². The summed E-state index contributed by atoms with van der Waals surface area (Å²) in [5.41, 5.74) is 8.73. The number of aliphatic hydroxyl groups is 2. The van der Waals surface area contributed by atoms with Crippen LogP contribution in [-0.2, 0) is 10.2 Å². The Morgan fingerprint density at radius 1 is 1.18 bits per heavy atom. The third-order valence-corrected chi connectivity index (χ3v) is 7.54. The van der Waals surface area contributed by atoms with Crippen molar-refractivity contribution in [2.75, 3.05) is 30.7 Å². The van der Waals surface area contributed by atoms with Crippen molar-refractivity contribution in [2.24, 2.45) is 0 Å². The number of benzene rings is 1. The average molecular weight is 555 g/mol. The van der Waals surface area contributed by atoms with Crippen LogP contribution in [0, 0.1) is 0 Å². The summed E-state index contributed by atoms with van der Waals surface area (Å²) in [6.07, 6.45) is 0.668. The molecule has 1 aromatic carbocycles. The molecular formula is C28H42N8O4. The number of anilines is 2. The Hall–Kier alpha value is -3.32. The number of nitrogen functional groups attached to an aromatic ring is 1. The molecule has 6 N–H and O–H groups in total. The monoisotopic (exact) mass is 554 g/mol. The maximum atomic E-state index is 12.4. The van der Waals surface area contributed by atoms with Crippen LogP contribution in [0.1, 0.15) is 59.3 Å². The molecule has 5 atom stereocenters. The molecular weight excluding hydrogens is 512 g/mol. The van der Waals surface area contributed by atoms with Crippen molar-refractivity contribution in [3.8, 4) is 0 Å². The molecule has 0 spiro atoms. The molecule has 12 nitrogen and oxygen atoms in total. The van der Waals surface area contributed by atoms with Crippen molar-refractivity contribution in [2.45, 2.75) is 83.5 Å². The van der Waals surface area contributed by atoms with Gasteiger partial charge in [-0.3, -0.25) is 9.47 Å². The molecule has 0 bridgehead atoms. The number of fused-ring (bicyclic) bond motifs is 1. The van der Waals surface area contributed by atoms with Gasteiger partial charge in [-0.15, -0.1) is 0 Å². The molecule has 1 unspecified atom stereocenters. The zero-order valence-corrected chi connectivity index (χ0v) is 23.9. The first-order valence-electron chi connectivity index (χ1n) is 13.8. The van der Waals surface area contributed by atoms with Gasteiger partial charge in [-0.2, -0.15) is 0 Å². The van der Waals surface area contributed by atoms with Crippen LogP contribution in [-0.4, -0.2) is 84.7 Å². The molecule has 3 heterocycles. The van der Waals surface area contributed by atoms with E-state index in [4.69, 9.17) is 10.5 Å². The first-order valence-corrected chi connectivity index (χ1v) is 13.8. The Kier molecular flexibility index (Phi) is 9.24. The number of nitrogens with two attached hydrogens (primary N) is 1. The molecule has 3 aromatic rings. The van der Waals surface area contributed by atoms with Gasteiger partial charge < -0.3 is 31.3 Å². The highest BCUT2D eigenvalue weighted by Crippen LogP contribution is 2.32. The number of rotatable bonds is 10. The fourth-order valence-electron chi connectivity index (χ4n) is 4.86. The van der Waals surface area contributed by atoms with E-state index in [0.717, 1.165) is 12.1 Å². The van der Waals surface area contributed by atoms with Gasteiger partial charge in [0.05, 0.1) is 6.33 Å². The van der Waals surface area contributed by atoms with Crippen molar-refractivity contribution < 1.29 is 19.7 Å². The largest absolute Gasteiger partial charge is 0.387 e. The average Bonchev–Trinajstić information content (AvgIpc) is 3.47. The molecule has 2 amide bonds. The van der Waals surface area contributed by atoms with Crippen LogP contribution in [0.25, 0.3) is 11.2 Å². The molecule has 40 heavy (non-hydrogen) atoms. The van der Waals surface area contributed by atoms with Gasteiger partial charge in [0.1, 0.15) is 30.2 Å². The Bertz CT molecular complexity index is 1280. The van der Waals surface area contributed by atoms with E-state index >= 15 is 0 Å². The van der Waals surface area contributed by atoms with Gasteiger partial charge >= 0.3 is 6.03 Å². The molecule has 1 saturated heterocycles. The summed E-state index contributed by atoms with van der Waals surface area (Å²) >= 11 is 0. The minimum absolute atomic E-state index is 0.0538. The molecule has 1 aliphatic heterocycles. The van der Waals surface area contributed by atoms with E-state index in [1.807, 2.05) is 24.3 Å². The highest BCUT2D eigenvalue weighted by atomic mass is 16.6. The van der Waals surface area contributed by atoms with Gasteiger partial charge in [-0.1, -0.05) is 39.8 Å². The fraction of sp³-hybridized carbons (Fsp3) is 0.571. The summed E-state index contributed by atoms with van der Waals surface area (Å²) in [6.45, 7) is 12.2. The van der Waals surface area contributed by atoms with Crippen LogP contribution < -0.4 is 16.4 Å². The molecule has 0 aliphatic carbocycles. The van der Waals surface area contributed by atoms with Gasteiger partial charge in [0.2, 0.25) is 0 Å². The summed E-state index contributed by atoms with van der Waals surface area (Å²) in [6, 6.07) is 7.83. The second-order valence-corrected chi connectivity index (χ2v) is 11.4. The summed E-state index contributed by atoms with van der Waals surface area (Å²) in [7, 11) is 0. The number of hydrogen-bond donors (Lipinski definition) is 5. The van der Waals surface area contributed by atoms with Crippen LogP contribution in [0.3, 0.4) is 0 Å². The van der Waals surface area contributed by atoms with E-state index in [1.54, 1.807) is 4.57 Å². The number of carbonyl (C=O) groups is 1. The number of urea groups is 1. The maximum Gasteiger partial charge on any atom is 0.319 e. The predicted molar refractivity (Wildman–Crippen MR) is 154 cm³/mol. The van der Waals surface area contributed by atoms with E-state index in [1.165, 1.54) is 18.2 Å². The van der Waals surface area contributed by atoms with Crippen molar-refractivity contribution in [3.05, 3.63) is 42.5 Å². The Balaban J connectivity index is 1.30. The molecule has 12 heteroatoms. The van der Waals surface area contributed by atoms with Gasteiger partial charge in [-0.25, -0.2) is 19.7 Å². The number of hydrogen-bond acceptors (Lipinski definition) is 9. The quantitative estimate of drug-likeness (QED) is 0.237. The Morgan fingerprint density at radius 3 is 2.58 bits per heavy atom. The highest BCUT2D eigenvalue weighted by Gasteiger charge is 2.45. The van der Waals surface area contributed by atoms with Crippen molar-refractivity contribution in [3.63, 3.8) is 0 Å². The number of aromatic nitrogens is 4. The number of imidazole rings is 1. The van der Waals surface area contributed by atoms with E-state index < -0.39 is 24.5 Å². The lowest BCUT2D eigenvalue weighted by Crippen LogP contribution is -2.44. The first-order chi connectivity index (χ1) is 19.0. The molecule has 2 aromatic heterocycles. The standard InChI is InChI=1S/C28H42N8O4/c1-6-17(2)35(13-7-12-30-27(39)34-19-10-8-18(9-11-19)28(3,4)5)14-20-22(37)23(38)26(40-20)36-16-33-21-24(29)31-15-32-25(21)36/h8-11,15-17,20,22-23,26,37-38H,6-7,12-14H2,1-5H3,(H2,29,31,32)(H2,30,34,39)/t17?,20-,22+,23-,26-/m1/s1. The third-order valence-electron chi connectivity index (χ3n) is 7.54. The number of aliphatic hydroxyl groups excluding tert-OH is 2. The first kappa shape index (κ1) is 29.7. The molecule has 4 rings (SSSR count). The number of ether oxygens (including phenoxy) is 1. The van der Waals surface area contributed by atoms with E-state index in [2.05, 4.69) is 65.1 Å². The number of carbonyl (C=O) groups excluding carboxylic acids is 1. The van der Waals surface area contributed by atoms with Crippen molar-refractivity contribution in [1.29, 1.82) is 0 Å². The smallest absolute Gasteiger partial charge is 0.319 e. The molecule has 0 radical (unpaired) electrons. The Morgan fingerprint density at radius 2 is 1.90 bits per heavy atom. The van der Waals surface area contributed by atoms with Gasteiger partial charge in [0, 0.05) is 31.4 Å². The maximum absolute atomic E-state index is 12.4. The lowest BCUT2D eigenvalue weighted by molar-refractivity contribution is -0.0476. The Labute approximate surface area is 235 Å². The number of nitrogens with zero attached hydrogens (tertiary/aromatic N) is 5. The lowest BCUT2D eigenvalue weighted by atomic mass is 9.87. The molecule has 1 fully saturated rings. The van der Waals surface area contributed by atoms with Crippen LogP contribution in [0.4, 0.5) is 16.3 Å². The molecule has 1 aliphatic rings. The summed E-state index contributed by atoms with van der Waals surface area (Å²) in [5, 5.41) is 27.5. The van der Waals surface area contributed by atoms with Gasteiger partial charge in [0.15, 0.2) is 17.7 Å². The van der Waals surface area contributed by atoms with Crippen LogP contribution in [0.2, 0.25) is 0 Å². The fourth-order valence-corrected chi connectivity index (χ4v) is 4.86. The topological polar surface area (TPSA) is 164 Å². The van der Waals surface area contributed by atoms with Crippen LogP contribution in [0.5, 0.6) is 0 Å². The van der Waals surface area contributed by atoms with Gasteiger partial charge in [-0.05, 0) is 42.9 Å². The molecule has 0 saturated carbocycles. The molecule has 218 valence electrons. The highest BCUT2D eigenvalue weighted by molar-refractivity contribution is 5.89. The van der Waals surface area contributed by atoms with E-state index in [0.29, 0.717) is 37.2 Å². The van der Waals surface area contributed by atoms with E-state index in [9.17, 15) is 15.0 Å². The van der Waals surface area contributed by atoms with Crippen molar-refractivity contribution >= 4 is 28.7 Å². The normalized spacial score (nSPS) is 22.1. The summed E-state index contributed by atoms with van der Waals surface area (Å²) in [4.78, 5) is 27.0.